The van der Waals surface area contributed by atoms with Gasteiger partial charge in [-0.1, -0.05) is 6.07 Å². The Morgan fingerprint density at radius 1 is 1.24 bits per heavy atom. The Balaban J connectivity index is 1.59. The average Bonchev–Trinajstić information content (AvgIpc) is 3.08. The van der Waals surface area contributed by atoms with Crippen LogP contribution < -0.4 is 20.5 Å². The molecule has 0 spiro atoms. The third-order valence-corrected chi connectivity index (χ3v) is 4.65. The van der Waals surface area contributed by atoms with E-state index in [1.54, 1.807) is 0 Å². The zero-order valence-electron chi connectivity index (χ0n) is 14.3. The Hall–Kier alpha value is -2.28. The Kier molecular flexibility index (Phi) is 5.75. The van der Waals surface area contributed by atoms with Crippen molar-refractivity contribution in [2.24, 2.45) is 5.73 Å². The fraction of sp³-hybridized carbons (Fsp3) is 0.556. The van der Waals surface area contributed by atoms with Gasteiger partial charge in [-0.15, -0.1) is 0 Å². The minimum absolute atomic E-state index is 0.0528. The molecule has 0 saturated carbocycles. The number of rotatable bonds is 6. The number of nitrogens with two attached hydrogens (primary N) is 1. The first-order valence-corrected chi connectivity index (χ1v) is 8.82. The average molecular weight is 347 g/mol. The van der Waals surface area contributed by atoms with E-state index in [0.29, 0.717) is 31.7 Å². The molecule has 3 N–H and O–H groups in total. The highest BCUT2D eigenvalue weighted by Gasteiger charge is 2.27. The van der Waals surface area contributed by atoms with E-state index in [9.17, 15) is 9.59 Å². The van der Waals surface area contributed by atoms with Crippen molar-refractivity contribution in [1.29, 1.82) is 0 Å². The lowest BCUT2D eigenvalue weighted by atomic mass is 10.0. The summed E-state index contributed by atoms with van der Waals surface area (Å²) in [5.41, 5.74) is 6.30. The summed E-state index contributed by atoms with van der Waals surface area (Å²) in [6.07, 6.45) is 3.63. The highest BCUT2D eigenvalue weighted by Crippen LogP contribution is 2.32. The van der Waals surface area contributed by atoms with Crippen LogP contribution in [0.25, 0.3) is 0 Å². The summed E-state index contributed by atoms with van der Waals surface area (Å²) in [6.45, 7) is 1.79. The Morgan fingerprint density at radius 2 is 2.08 bits per heavy atom. The molecular formula is C18H25N3O4. The van der Waals surface area contributed by atoms with E-state index in [1.165, 1.54) is 0 Å². The third-order valence-electron chi connectivity index (χ3n) is 4.65. The van der Waals surface area contributed by atoms with Gasteiger partial charge in [0.25, 0.3) is 0 Å². The second-order valence-corrected chi connectivity index (χ2v) is 6.44. The molecule has 0 aliphatic carbocycles. The first-order chi connectivity index (χ1) is 12.2. The van der Waals surface area contributed by atoms with Crippen LogP contribution in [-0.4, -0.2) is 49.2 Å². The van der Waals surface area contributed by atoms with Crippen molar-refractivity contribution in [3.05, 3.63) is 23.8 Å². The summed E-state index contributed by atoms with van der Waals surface area (Å²) >= 11 is 0. The number of hydrogen-bond donors (Lipinski definition) is 2. The van der Waals surface area contributed by atoms with E-state index in [2.05, 4.69) is 5.32 Å². The van der Waals surface area contributed by atoms with E-state index in [1.807, 2.05) is 23.1 Å². The largest absolute Gasteiger partial charge is 0.454 e. The van der Waals surface area contributed by atoms with Gasteiger partial charge < -0.3 is 25.4 Å². The van der Waals surface area contributed by atoms with Gasteiger partial charge in [-0.25, -0.2) is 0 Å². The maximum atomic E-state index is 12.8. The number of nitrogens with one attached hydrogen (secondary N) is 1. The van der Waals surface area contributed by atoms with Crippen LogP contribution in [0.2, 0.25) is 0 Å². The minimum Gasteiger partial charge on any atom is -0.454 e. The zero-order chi connectivity index (χ0) is 17.6. The number of carbonyl (C=O) groups is 2. The molecule has 3 rings (SSSR count). The molecule has 1 aromatic rings. The molecule has 0 radical (unpaired) electrons. The standard InChI is InChI=1S/C18H25N3O4/c19-7-6-17(22)20-11-14-3-1-2-8-21(14)18(23)10-13-4-5-15-16(9-13)25-12-24-15/h4-5,9,14H,1-3,6-8,10-12,19H2,(H,20,22). The van der Waals surface area contributed by atoms with E-state index in [4.69, 9.17) is 15.2 Å². The summed E-state index contributed by atoms with van der Waals surface area (Å²) in [5, 5.41) is 2.89. The van der Waals surface area contributed by atoms with E-state index in [-0.39, 0.29) is 24.6 Å². The molecular weight excluding hydrogens is 322 g/mol. The molecule has 7 heteroatoms. The zero-order valence-corrected chi connectivity index (χ0v) is 14.3. The lowest BCUT2D eigenvalue weighted by Gasteiger charge is -2.36. The number of ether oxygens (including phenoxy) is 2. The highest BCUT2D eigenvalue weighted by molar-refractivity contribution is 5.80. The molecule has 2 amide bonds. The molecule has 25 heavy (non-hydrogen) atoms. The minimum atomic E-state index is -0.0590. The van der Waals surface area contributed by atoms with Gasteiger partial charge in [0, 0.05) is 32.1 Å². The number of carbonyl (C=O) groups excluding carboxylic acids is 2. The van der Waals surface area contributed by atoms with Gasteiger partial charge in [-0.2, -0.15) is 0 Å². The fourth-order valence-electron chi connectivity index (χ4n) is 3.32. The van der Waals surface area contributed by atoms with Gasteiger partial charge in [-0.3, -0.25) is 9.59 Å². The van der Waals surface area contributed by atoms with Crippen molar-refractivity contribution < 1.29 is 19.1 Å². The van der Waals surface area contributed by atoms with Gasteiger partial charge in [0.2, 0.25) is 18.6 Å². The van der Waals surface area contributed by atoms with Crippen LogP contribution in [0, 0.1) is 0 Å². The van der Waals surface area contributed by atoms with Crippen LogP contribution in [0.1, 0.15) is 31.2 Å². The van der Waals surface area contributed by atoms with E-state index in [0.717, 1.165) is 37.1 Å². The number of fused-ring (bicyclic) bond motifs is 1. The number of amides is 2. The van der Waals surface area contributed by atoms with Gasteiger partial charge in [0.1, 0.15) is 0 Å². The third kappa shape index (κ3) is 4.42. The Bertz CT molecular complexity index is 635. The van der Waals surface area contributed by atoms with Gasteiger partial charge in [-0.05, 0) is 37.0 Å². The van der Waals surface area contributed by atoms with Gasteiger partial charge >= 0.3 is 0 Å². The second-order valence-electron chi connectivity index (χ2n) is 6.44. The van der Waals surface area contributed by atoms with Crippen molar-refractivity contribution in [3.8, 4) is 11.5 Å². The summed E-state index contributed by atoms with van der Waals surface area (Å²) in [5.74, 6) is 1.43. The first-order valence-electron chi connectivity index (χ1n) is 8.82. The van der Waals surface area contributed by atoms with Crippen LogP contribution in [0.3, 0.4) is 0 Å². The smallest absolute Gasteiger partial charge is 0.231 e. The molecule has 7 nitrogen and oxygen atoms in total. The van der Waals surface area contributed by atoms with Crippen LogP contribution in [0.4, 0.5) is 0 Å². The Morgan fingerprint density at radius 3 is 2.92 bits per heavy atom. The van der Waals surface area contributed by atoms with Crippen molar-refractivity contribution >= 4 is 11.8 Å². The number of piperidine rings is 1. The van der Waals surface area contributed by atoms with Gasteiger partial charge in [0.05, 0.1) is 6.42 Å². The van der Waals surface area contributed by atoms with Crippen LogP contribution in [-0.2, 0) is 16.0 Å². The normalized spacial score (nSPS) is 18.9. The molecule has 1 fully saturated rings. The van der Waals surface area contributed by atoms with Crippen LogP contribution >= 0.6 is 0 Å². The quantitative estimate of drug-likeness (QED) is 0.794. The number of likely N-dealkylation sites (tertiary alicyclic amines) is 1. The van der Waals surface area contributed by atoms with E-state index < -0.39 is 0 Å². The molecule has 1 aromatic carbocycles. The summed E-state index contributed by atoms with van der Waals surface area (Å²) in [7, 11) is 0. The molecule has 1 saturated heterocycles. The molecule has 2 heterocycles. The molecule has 2 aliphatic heterocycles. The van der Waals surface area contributed by atoms with Crippen molar-refractivity contribution in [2.45, 2.75) is 38.1 Å². The molecule has 136 valence electrons. The monoisotopic (exact) mass is 347 g/mol. The molecule has 0 bridgehead atoms. The molecule has 1 atom stereocenters. The number of hydrogen-bond acceptors (Lipinski definition) is 5. The predicted molar refractivity (Wildman–Crippen MR) is 92.3 cm³/mol. The van der Waals surface area contributed by atoms with Crippen molar-refractivity contribution in [1.82, 2.24) is 10.2 Å². The molecule has 2 aliphatic rings. The van der Waals surface area contributed by atoms with Crippen LogP contribution in [0.5, 0.6) is 11.5 Å². The lowest BCUT2D eigenvalue weighted by Crippen LogP contribution is -2.50. The number of nitrogens with zero attached hydrogens (tertiary/aromatic N) is 1. The topological polar surface area (TPSA) is 93.9 Å². The van der Waals surface area contributed by atoms with Crippen molar-refractivity contribution in [2.75, 3.05) is 26.4 Å². The SMILES string of the molecule is NCCC(=O)NCC1CCCCN1C(=O)Cc1ccc2c(c1)OCO2. The summed E-state index contributed by atoms with van der Waals surface area (Å²) in [4.78, 5) is 26.3. The van der Waals surface area contributed by atoms with Crippen molar-refractivity contribution in [3.63, 3.8) is 0 Å². The second kappa shape index (κ2) is 8.20. The predicted octanol–water partition coefficient (Wildman–Crippen LogP) is 0.804. The number of benzene rings is 1. The van der Waals surface area contributed by atoms with Gasteiger partial charge in [0.15, 0.2) is 11.5 Å². The molecule has 0 aromatic heterocycles. The van der Waals surface area contributed by atoms with E-state index >= 15 is 0 Å². The lowest BCUT2D eigenvalue weighted by molar-refractivity contribution is -0.134. The fourth-order valence-corrected chi connectivity index (χ4v) is 3.32. The molecule has 1 unspecified atom stereocenters. The maximum Gasteiger partial charge on any atom is 0.231 e. The maximum absolute atomic E-state index is 12.8. The Labute approximate surface area is 147 Å². The summed E-state index contributed by atoms with van der Waals surface area (Å²) < 4.78 is 10.7. The summed E-state index contributed by atoms with van der Waals surface area (Å²) in [6, 6.07) is 5.65. The van der Waals surface area contributed by atoms with Crippen LogP contribution in [0.15, 0.2) is 18.2 Å². The highest BCUT2D eigenvalue weighted by atomic mass is 16.7. The first kappa shape index (κ1) is 17.5.